The molecule has 0 aliphatic carbocycles. The van der Waals surface area contributed by atoms with Crippen LogP contribution >= 0.6 is 0 Å². The molecule has 30 heavy (non-hydrogen) atoms. The highest BCUT2D eigenvalue weighted by atomic mass is 16.6. The lowest BCUT2D eigenvalue weighted by Gasteiger charge is -2.39. The maximum Gasteiger partial charge on any atom is 0.410 e. The highest BCUT2D eigenvalue weighted by molar-refractivity contribution is 5.69. The van der Waals surface area contributed by atoms with Gasteiger partial charge in [0.1, 0.15) is 11.2 Å². The van der Waals surface area contributed by atoms with E-state index in [4.69, 9.17) is 9.47 Å². The maximum atomic E-state index is 11.8. The van der Waals surface area contributed by atoms with Crippen molar-refractivity contribution >= 4 is 12.2 Å². The number of carbonyl (C=O) groups excluding carboxylic acids is 2. The van der Waals surface area contributed by atoms with Gasteiger partial charge in [0.25, 0.3) is 0 Å². The van der Waals surface area contributed by atoms with Crippen LogP contribution in [0, 0.1) is 0 Å². The molecule has 0 spiro atoms. The molecule has 0 saturated carbocycles. The van der Waals surface area contributed by atoms with Crippen LogP contribution in [-0.4, -0.2) is 83.5 Å². The van der Waals surface area contributed by atoms with Gasteiger partial charge >= 0.3 is 12.2 Å². The fraction of sp³-hybridized carbons (Fsp3) is 0.909. The van der Waals surface area contributed by atoms with Crippen molar-refractivity contribution < 1.29 is 19.1 Å². The van der Waals surface area contributed by atoms with Crippen molar-refractivity contribution in [2.45, 2.75) is 105 Å². The minimum Gasteiger partial charge on any atom is -0.444 e. The molecule has 8 heteroatoms. The van der Waals surface area contributed by atoms with E-state index in [-0.39, 0.29) is 24.3 Å². The molecule has 2 aliphatic heterocycles. The van der Waals surface area contributed by atoms with Gasteiger partial charge in [-0.15, -0.1) is 0 Å². The number of amides is 2. The van der Waals surface area contributed by atoms with E-state index in [2.05, 4.69) is 24.5 Å². The lowest BCUT2D eigenvalue weighted by Crippen LogP contribution is -2.57. The van der Waals surface area contributed by atoms with E-state index < -0.39 is 11.2 Å². The van der Waals surface area contributed by atoms with Crippen LogP contribution in [-0.2, 0) is 9.47 Å². The minimum absolute atomic E-state index is 0.189. The van der Waals surface area contributed by atoms with Gasteiger partial charge in [-0.1, -0.05) is 0 Å². The Labute approximate surface area is 183 Å². The van der Waals surface area contributed by atoms with E-state index in [1.807, 2.05) is 55.4 Å². The Hall–Kier alpha value is -1.54. The Bertz CT molecular complexity index is 520. The van der Waals surface area contributed by atoms with E-state index in [0.717, 1.165) is 26.2 Å². The Morgan fingerprint density at radius 1 is 0.700 bits per heavy atom. The fourth-order valence-corrected chi connectivity index (χ4v) is 3.27. The summed E-state index contributed by atoms with van der Waals surface area (Å²) >= 11 is 0. The van der Waals surface area contributed by atoms with E-state index in [0.29, 0.717) is 12.1 Å². The molecule has 0 unspecified atom stereocenters. The normalized spacial score (nSPS) is 27.7. The van der Waals surface area contributed by atoms with Gasteiger partial charge in [-0.25, -0.2) is 9.59 Å². The smallest absolute Gasteiger partial charge is 0.410 e. The first-order valence-corrected chi connectivity index (χ1v) is 11.1. The lowest BCUT2D eigenvalue weighted by molar-refractivity contribution is 0.00831. The molecule has 0 radical (unpaired) electrons. The minimum atomic E-state index is -0.412. The van der Waals surface area contributed by atoms with Gasteiger partial charge in [-0.05, 0) is 69.2 Å². The topological polar surface area (TPSA) is 83.1 Å². The SMILES string of the molecule is C[C@@H]1NCCN(C(=O)OC(C)(C)C)[C@H]1C.C[C@@H]1[C@@H](C)NCCN1C(=O)OC(C)(C)C. The number of nitrogens with one attached hydrogen (secondary N) is 2. The number of hydrogen-bond donors (Lipinski definition) is 2. The van der Waals surface area contributed by atoms with Crippen LogP contribution in [0.3, 0.4) is 0 Å². The third kappa shape index (κ3) is 8.68. The molecule has 2 aliphatic rings. The second-order valence-corrected chi connectivity index (χ2v) is 10.3. The molecule has 8 nitrogen and oxygen atoms in total. The van der Waals surface area contributed by atoms with Crippen LogP contribution in [0.4, 0.5) is 9.59 Å². The molecule has 2 heterocycles. The summed E-state index contributed by atoms with van der Waals surface area (Å²) in [6, 6.07) is 1.03. The van der Waals surface area contributed by atoms with Gasteiger partial charge in [-0.3, -0.25) is 0 Å². The summed E-state index contributed by atoms with van der Waals surface area (Å²) in [5.74, 6) is 0. The number of piperazine rings is 2. The van der Waals surface area contributed by atoms with Crippen LogP contribution in [0.15, 0.2) is 0 Å². The van der Waals surface area contributed by atoms with Gasteiger partial charge in [-0.2, -0.15) is 0 Å². The molecule has 2 fully saturated rings. The molecule has 0 aromatic heterocycles. The van der Waals surface area contributed by atoms with Crippen molar-refractivity contribution in [3.8, 4) is 0 Å². The molecular weight excluding hydrogens is 384 g/mol. The standard InChI is InChI=1S/2C11H22N2O2/c2*1-8-9(2)13(7-6-12-8)10(14)15-11(3,4)5/h2*8-9,12H,6-7H2,1-5H3/t2*8-,9-/m10/s1. The first-order valence-electron chi connectivity index (χ1n) is 11.1. The molecule has 4 atom stereocenters. The monoisotopic (exact) mass is 428 g/mol. The average Bonchev–Trinajstić information content (AvgIpc) is 2.57. The Morgan fingerprint density at radius 3 is 1.27 bits per heavy atom. The summed E-state index contributed by atoms with van der Waals surface area (Å²) in [5, 5.41) is 6.66. The summed E-state index contributed by atoms with van der Waals surface area (Å²) in [7, 11) is 0. The zero-order chi connectivity index (χ0) is 23.3. The number of rotatable bonds is 0. The second-order valence-electron chi connectivity index (χ2n) is 10.3. The van der Waals surface area contributed by atoms with Crippen molar-refractivity contribution in [2.24, 2.45) is 0 Å². The number of carbonyl (C=O) groups is 2. The lowest BCUT2D eigenvalue weighted by atomic mass is 10.1. The van der Waals surface area contributed by atoms with Gasteiger partial charge in [0, 0.05) is 50.3 Å². The molecule has 0 bridgehead atoms. The fourth-order valence-electron chi connectivity index (χ4n) is 3.27. The number of hydrogen-bond acceptors (Lipinski definition) is 6. The highest BCUT2D eigenvalue weighted by Crippen LogP contribution is 2.16. The molecule has 176 valence electrons. The van der Waals surface area contributed by atoms with E-state index in [9.17, 15) is 9.59 Å². The zero-order valence-electron chi connectivity index (χ0n) is 20.7. The second kappa shape index (κ2) is 10.7. The van der Waals surface area contributed by atoms with Crippen molar-refractivity contribution in [2.75, 3.05) is 26.2 Å². The molecule has 2 amide bonds. The molecule has 0 aromatic rings. The Kier molecular flexibility index (Phi) is 9.42. The summed E-state index contributed by atoms with van der Waals surface area (Å²) in [6.07, 6.45) is -0.410. The molecule has 0 aromatic carbocycles. The summed E-state index contributed by atoms with van der Waals surface area (Å²) < 4.78 is 10.7. The maximum absolute atomic E-state index is 11.8. The van der Waals surface area contributed by atoms with Crippen molar-refractivity contribution in [3.63, 3.8) is 0 Å². The van der Waals surface area contributed by atoms with Gasteiger partial charge in [0.15, 0.2) is 0 Å². The van der Waals surface area contributed by atoms with Crippen molar-refractivity contribution in [1.82, 2.24) is 20.4 Å². The third-order valence-electron chi connectivity index (χ3n) is 5.32. The zero-order valence-corrected chi connectivity index (χ0v) is 20.7. The summed E-state index contributed by atoms with van der Waals surface area (Å²) in [4.78, 5) is 27.3. The quantitative estimate of drug-likeness (QED) is 0.616. The van der Waals surface area contributed by atoms with Crippen molar-refractivity contribution in [3.05, 3.63) is 0 Å². The number of ether oxygens (including phenoxy) is 2. The van der Waals surface area contributed by atoms with Gasteiger partial charge in [0.05, 0.1) is 0 Å². The van der Waals surface area contributed by atoms with E-state index >= 15 is 0 Å². The number of nitrogens with zero attached hydrogens (tertiary/aromatic N) is 2. The van der Waals surface area contributed by atoms with Crippen molar-refractivity contribution in [1.29, 1.82) is 0 Å². The molecule has 2 N–H and O–H groups in total. The Morgan fingerprint density at radius 2 is 1.00 bits per heavy atom. The third-order valence-corrected chi connectivity index (χ3v) is 5.32. The largest absolute Gasteiger partial charge is 0.444 e. The van der Waals surface area contributed by atoms with Crippen LogP contribution in [0.1, 0.15) is 69.2 Å². The predicted octanol–water partition coefficient (Wildman–Crippen LogP) is 3.21. The van der Waals surface area contributed by atoms with Gasteiger partial charge in [0.2, 0.25) is 0 Å². The first-order chi connectivity index (χ1) is 13.6. The highest BCUT2D eigenvalue weighted by Gasteiger charge is 2.32. The average molecular weight is 429 g/mol. The van der Waals surface area contributed by atoms with E-state index in [1.165, 1.54) is 0 Å². The molecule has 2 saturated heterocycles. The summed E-state index contributed by atoms with van der Waals surface area (Å²) in [6.45, 7) is 22.7. The predicted molar refractivity (Wildman–Crippen MR) is 120 cm³/mol. The van der Waals surface area contributed by atoms with Gasteiger partial charge < -0.3 is 29.9 Å². The summed E-state index contributed by atoms with van der Waals surface area (Å²) in [5.41, 5.74) is -0.824. The molecule has 2 rings (SSSR count). The Balaban J connectivity index is 0.000000300. The molecular formula is C22H44N4O4. The van der Waals surface area contributed by atoms with Crippen LogP contribution < -0.4 is 10.6 Å². The van der Waals surface area contributed by atoms with Crippen LogP contribution in [0.5, 0.6) is 0 Å². The van der Waals surface area contributed by atoms with Crippen LogP contribution in [0.2, 0.25) is 0 Å². The van der Waals surface area contributed by atoms with E-state index in [1.54, 1.807) is 9.80 Å². The van der Waals surface area contributed by atoms with Crippen LogP contribution in [0.25, 0.3) is 0 Å². The first kappa shape index (κ1) is 26.5.